The predicted octanol–water partition coefficient (Wildman–Crippen LogP) is 4.89. The summed E-state index contributed by atoms with van der Waals surface area (Å²) in [7, 11) is 3.92. The van der Waals surface area contributed by atoms with Gasteiger partial charge in [-0.3, -0.25) is 9.59 Å². The maximum atomic E-state index is 13.1. The first kappa shape index (κ1) is 24.8. The SMILES string of the molecule is CCCCOc1cccc(C(O)=C2C(=O)C(=O)N(CCCN(C)C)C2c2ccc(Cl)cc2)c1. The summed E-state index contributed by atoms with van der Waals surface area (Å²) in [5.74, 6) is -0.889. The minimum atomic E-state index is -0.686. The second-order valence-electron chi connectivity index (χ2n) is 8.43. The van der Waals surface area contributed by atoms with Gasteiger partial charge in [0.15, 0.2) is 0 Å². The summed E-state index contributed by atoms with van der Waals surface area (Å²) in [6.07, 6.45) is 2.63. The van der Waals surface area contributed by atoms with Crippen molar-refractivity contribution in [2.75, 3.05) is 33.8 Å². The summed E-state index contributed by atoms with van der Waals surface area (Å²) in [6.45, 7) is 3.82. The van der Waals surface area contributed by atoms with Crippen molar-refractivity contribution in [1.29, 1.82) is 0 Å². The molecular weight excluding hydrogens is 440 g/mol. The lowest BCUT2D eigenvalue weighted by Gasteiger charge is -2.26. The van der Waals surface area contributed by atoms with Crippen molar-refractivity contribution in [2.45, 2.75) is 32.2 Å². The quantitative estimate of drug-likeness (QED) is 0.231. The fraction of sp³-hybridized carbons (Fsp3) is 0.385. The number of ketones is 1. The van der Waals surface area contributed by atoms with E-state index in [9.17, 15) is 14.7 Å². The van der Waals surface area contributed by atoms with Crippen LogP contribution in [-0.4, -0.2) is 60.4 Å². The van der Waals surface area contributed by atoms with Gasteiger partial charge in [-0.1, -0.05) is 49.2 Å². The summed E-state index contributed by atoms with van der Waals surface area (Å²) in [6, 6.07) is 13.3. The van der Waals surface area contributed by atoms with E-state index in [-0.39, 0.29) is 11.3 Å². The molecule has 1 saturated heterocycles. The molecule has 33 heavy (non-hydrogen) atoms. The molecule has 1 unspecified atom stereocenters. The smallest absolute Gasteiger partial charge is 0.295 e. The van der Waals surface area contributed by atoms with Crippen LogP contribution in [0.1, 0.15) is 43.4 Å². The van der Waals surface area contributed by atoms with Crippen molar-refractivity contribution in [3.05, 3.63) is 70.3 Å². The van der Waals surface area contributed by atoms with E-state index in [2.05, 4.69) is 6.92 Å². The number of carbonyl (C=O) groups is 2. The lowest BCUT2D eigenvalue weighted by Crippen LogP contribution is -2.32. The molecule has 0 spiro atoms. The molecule has 1 N–H and O–H groups in total. The van der Waals surface area contributed by atoms with Crippen LogP contribution >= 0.6 is 11.6 Å². The molecule has 1 heterocycles. The Morgan fingerprint density at radius 3 is 2.52 bits per heavy atom. The second-order valence-corrected chi connectivity index (χ2v) is 8.87. The van der Waals surface area contributed by atoms with E-state index < -0.39 is 17.7 Å². The van der Waals surface area contributed by atoms with Crippen molar-refractivity contribution in [3.8, 4) is 5.75 Å². The van der Waals surface area contributed by atoms with Gasteiger partial charge >= 0.3 is 0 Å². The molecule has 0 aliphatic carbocycles. The second kappa shape index (κ2) is 11.3. The van der Waals surface area contributed by atoms with E-state index in [1.165, 1.54) is 0 Å². The number of likely N-dealkylation sites (tertiary alicyclic amines) is 1. The molecule has 7 heteroatoms. The first-order valence-electron chi connectivity index (χ1n) is 11.2. The van der Waals surface area contributed by atoms with E-state index >= 15 is 0 Å². The first-order chi connectivity index (χ1) is 15.8. The van der Waals surface area contributed by atoms with Crippen LogP contribution in [0, 0.1) is 0 Å². The standard InChI is InChI=1S/C26H31ClN2O4/c1-4-5-16-33-21-9-6-8-19(17-21)24(30)22-23(18-10-12-20(27)13-11-18)29(26(32)25(22)31)15-7-14-28(2)3/h6,8-13,17,23,30H,4-5,7,14-16H2,1-3H3. The Morgan fingerprint density at radius 1 is 1.12 bits per heavy atom. The number of benzene rings is 2. The van der Waals surface area contributed by atoms with Crippen LogP contribution in [0.15, 0.2) is 54.1 Å². The molecule has 1 amide bonds. The third kappa shape index (κ3) is 5.95. The van der Waals surface area contributed by atoms with Crippen LogP contribution in [-0.2, 0) is 9.59 Å². The zero-order valence-corrected chi connectivity index (χ0v) is 20.1. The largest absolute Gasteiger partial charge is 0.507 e. The Morgan fingerprint density at radius 2 is 1.85 bits per heavy atom. The molecule has 2 aromatic carbocycles. The molecule has 3 rings (SSSR count). The number of amides is 1. The lowest BCUT2D eigenvalue weighted by molar-refractivity contribution is -0.139. The highest BCUT2D eigenvalue weighted by Gasteiger charge is 2.45. The Balaban J connectivity index is 2.02. The number of nitrogens with zero attached hydrogens (tertiary/aromatic N) is 2. The number of ether oxygens (including phenoxy) is 1. The molecule has 0 saturated carbocycles. The summed E-state index contributed by atoms with van der Waals surface area (Å²) < 4.78 is 5.75. The lowest BCUT2D eigenvalue weighted by atomic mass is 9.95. The molecule has 1 atom stereocenters. The van der Waals surface area contributed by atoms with Crippen LogP contribution in [0.5, 0.6) is 5.75 Å². The average Bonchev–Trinajstić information content (AvgIpc) is 3.04. The maximum absolute atomic E-state index is 13.1. The molecule has 0 bridgehead atoms. The number of aliphatic hydroxyl groups excluding tert-OH is 1. The minimum absolute atomic E-state index is 0.0814. The Bertz CT molecular complexity index is 1020. The Kier molecular flexibility index (Phi) is 8.53. The minimum Gasteiger partial charge on any atom is -0.507 e. The van der Waals surface area contributed by atoms with Crippen LogP contribution in [0.4, 0.5) is 0 Å². The topological polar surface area (TPSA) is 70.1 Å². The van der Waals surface area contributed by atoms with E-state index in [0.717, 1.165) is 24.9 Å². The average molecular weight is 471 g/mol. The molecule has 0 radical (unpaired) electrons. The zero-order valence-electron chi connectivity index (χ0n) is 19.4. The van der Waals surface area contributed by atoms with Crippen molar-refractivity contribution in [1.82, 2.24) is 9.80 Å². The third-order valence-corrected chi connectivity index (χ3v) is 5.86. The van der Waals surface area contributed by atoms with Gasteiger partial charge in [0.1, 0.15) is 11.5 Å². The normalized spacial score (nSPS) is 17.7. The van der Waals surface area contributed by atoms with E-state index in [0.29, 0.717) is 35.9 Å². The molecule has 1 aliphatic rings. The number of carbonyl (C=O) groups excluding carboxylic acids is 2. The van der Waals surface area contributed by atoms with Gasteiger partial charge in [-0.2, -0.15) is 0 Å². The molecule has 1 aliphatic heterocycles. The molecule has 1 fully saturated rings. The van der Waals surface area contributed by atoms with Crippen LogP contribution < -0.4 is 4.74 Å². The van der Waals surface area contributed by atoms with Crippen molar-refractivity contribution < 1.29 is 19.4 Å². The fourth-order valence-corrected chi connectivity index (χ4v) is 4.01. The zero-order chi connectivity index (χ0) is 24.0. The fourth-order valence-electron chi connectivity index (χ4n) is 3.88. The highest BCUT2D eigenvalue weighted by molar-refractivity contribution is 6.46. The highest BCUT2D eigenvalue weighted by atomic mass is 35.5. The monoisotopic (exact) mass is 470 g/mol. The van der Waals surface area contributed by atoms with Crippen molar-refractivity contribution in [2.24, 2.45) is 0 Å². The number of hydrogen-bond acceptors (Lipinski definition) is 5. The number of halogens is 1. The van der Waals surface area contributed by atoms with Gasteiger partial charge in [-0.05, 0) is 63.3 Å². The Labute approximate surface area is 200 Å². The van der Waals surface area contributed by atoms with Gasteiger partial charge in [0.05, 0.1) is 18.2 Å². The van der Waals surface area contributed by atoms with E-state index in [1.54, 1.807) is 47.4 Å². The molecular formula is C26H31ClN2O4. The van der Waals surface area contributed by atoms with Crippen molar-refractivity contribution in [3.63, 3.8) is 0 Å². The van der Waals surface area contributed by atoms with Crippen LogP contribution in [0.25, 0.3) is 5.76 Å². The molecule has 6 nitrogen and oxygen atoms in total. The summed E-state index contributed by atoms with van der Waals surface area (Å²) >= 11 is 6.07. The summed E-state index contributed by atoms with van der Waals surface area (Å²) in [4.78, 5) is 29.7. The van der Waals surface area contributed by atoms with Crippen molar-refractivity contribution >= 4 is 29.1 Å². The van der Waals surface area contributed by atoms with E-state index in [1.807, 2.05) is 25.1 Å². The number of unbranched alkanes of at least 4 members (excludes halogenated alkanes) is 1. The van der Waals surface area contributed by atoms with Gasteiger partial charge < -0.3 is 19.6 Å². The Hall–Kier alpha value is -2.83. The number of aliphatic hydroxyl groups is 1. The molecule has 2 aromatic rings. The predicted molar refractivity (Wildman–Crippen MR) is 130 cm³/mol. The van der Waals surface area contributed by atoms with Crippen LogP contribution in [0.3, 0.4) is 0 Å². The maximum Gasteiger partial charge on any atom is 0.295 e. The number of rotatable bonds is 10. The van der Waals surface area contributed by atoms with E-state index in [4.69, 9.17) is 16.3 Å². The van der Waals surface area contributed by atoms with Gasteiger partial charge in [0.25, 0.3) is 11.7 Å². The van der Waals surface area contributed by atoms with Gasteiger partial charge in [0.2, 0.25) is 0 Å². The van der Waals surface area contributed by atoms with Gasteiger partial charge in [-0.25, -0.2) is 0 Å². The van der Waals surface area contributed by atoms with Gasteiger partial charge in [0, 0.05) is 17.1 Å². The third-order valence-electron chi connectivity index (χ3n) is 5.60. The molecule has 176 valence electrons. The summed E-state index contributed by atoms with van der Waals surface area (Å²) in [5, 5.41) is 11.8. The first-order valence-corrected chi connectivity index (χ1v) is 11.6. The number of Topliss-reactive ketones (excluding diaryl/α,β-unsaturated/α-hetero) is 1. The number of hydrogen-bond donors (Lipinski definition) is 1. The molecule has 0 aromatic heterocycles. The highest BCUT2D eigenvalue weighted by Crippen LogP contribution is 2.40. The van der Waals surface area contributed by atoms with Crippen LogP contribution in [0.2, 0.25) is 5.02 Å². The van der Waals surface area contributed by atoms with Gasteiger partial charge in [-0.15, -0.1) is 0 Å². The summed E-state index contributed by atoms with van der Waals surface area (Å²) in [5.41, 5.74) is 1.24.